The highest BCUT2D eigenvalue weighted by atomic mass is 32.1. The van der Waals surface area contributed by atoms with E-state index in [1.807, 2.05) is 0 Å². The van der Waals surface area contributed by atoms with Gasteiger partial charge in [0, 0.05) is 12.5 Å². The molecule has 1 aromatic rings. The topological polar surface area (TPSA) is 37.8 Å². The van der Waals surface area contributed by atoms with E-state index in [4.69, 9.17) is 0 Å². The van der Waals surface area contributed by atoms with Crippen LogP contribution in [0.4, 0.5) is 13.2 Å². The van der Waals surface area contributed by atoms with Crippen LogP contribution in [-0.2, 0) is 12.6 Å². The average Bonchev–Trinajstić information content (AvgIpc) is 2.90. The molecule has 3 atom stereocenters. The molecule has 0 radical (unpaired) electrons. The molecule has 18 heavy (non-hydrogen) atoms. The van der Waals surface area contributed by atoms with Crippen LogP contribution in [0.5, 0.6) is 0 Å². The third-order valence-corrected chi connectivity index (χ3v) is 4.77. The van der Waals surface area contributed by atoms with Crippen LogP contribution in [0.1, 0.15) is 29.3 Å². The second-order valence-electron chi connectivity index (χ2n) is 5.13. The van der Waals surface area contributed by atoms with Crippen molar-refractivity contribution in [1.82, 2.24) is 15.5 Å². The van der Waals surface area contributed by atoms with Gasteiger partial charge in [0.1, 0.15) is 5.01 Å². The monoisotopic (exact) mass is 277 g/mol. The first-order valence-electron chi connectivity index (χ1n) is 6.15. The maximum Gasteiger partial charge on any atom is 0.445 e. The lowest BCUT2D eigenvalue weighted by molar-refractivity contribution is -0.138. The minimum absolute atomic E-state index is 0.437. The van der Waals surface area contributed by atoms with E-state index in [1.165, 1.54) is 6.42 Å². The molecule has 2 fully saturated rings. The number of piperidine rings is 1. The summed E-state index contributed by atoms with van der Waals surface area (Å²) in [5.74, 6) is 1.72. The van der Waals surface area contributed by atoms with Crippen LogP contribution in [0.3, 0.4) is 0 Å². The van der Waals surface area contributed by atoms with Crippen molar-refractivity contribution in [2.45, 2.75) is 37.9 Å². The predicted octanol–water partition coefficient (Wildman–Crippen LogP) is 2.49. The predicted molar refractivity (Wildman–Crippen MR) is 61.2 cm³/mol. The van der Waals surface area contributed by atoms with Gasteiger partial charge >= 0.3 is 6.18 Å². The Hall–Kier alpha value is -0.690. The van der Waals surface area contributed by atoms with E-state index in [9.17, 15) is 13.2 Å². The molecule has 1 N–H and O–H groups in total. The fourth-order valence-corrected chi connectivity index (χ4v) is 3.32. The second kappa shape index (κ2) is 4.45. The molecule has 1 aliphatic heterocycles. The van der Waals surface area contributed by atoms with Gasteiger partial charge in [0.15, 0.2) is 0 Å². The Kier molecular flexibility index (Phi) is 3.05. The van der Waals surface area contributed by atoms with Crippen molar-refractivity contribution in [2.75, 3.05) is 6.54 Å². The van der Waals surface area contributed by atoms with Gasteiger partial charge in [-0.15, -0.1) is 10.2 Å². The van der Waals surface area contributed by atoms with Crippen LogP contribution in [0.2, 0.25) is 0 Å². The molecule has 1 saturated carbocycles. The number of aromatic nitrogens is 2. The lowest BCUT2D eigenvalue weighted by Crippen LogP contribution is -2.35. The minimum Gasteiger partial charge on any atom is -0.314 e. The van der Waals surface area contributed by atoms with Crippen molar-refractivity contribution >= 4 is 11.3 Å². The normalized spacial score (nSPS) is 31.2. The first kappa shape index (κ1) is 12.3. The van der Waals surface area contributed by atoms with Crippen LogP contribution < -0.4 is 5.32 Å². The van der Waals surface area contributed by atoms with Gasteiger partial charge in [0.2, 0.25) is 5.01 Å². The van der Waals surface area contributed by atoms with E-state index in [2.05, 4.69) is 15.5 Å². The molecular weight excluding hydrogens is 263 g/mol. The highest BCUT2D eigenvalue weighted by molar-refractivity contribution is 7.11. The van der Waals surface area contributed by atoms with Gasteiger partial charge in [-0.1, -0.05) is 11.3 Å². The molecule has 3 nitrogen and oxygen atoms in total. The van der Waals surface area contributed by atoms with Crippen molar-refractivity contribution in [3.05, 3.63) is 10.0 Å². The number of hydrogen-bond acceptors (Lipinski definition) is 4. The summed E-state index contributed by atoms with van der Waals surface area (Å²) in [7, 11) is 0. The molecule has 1 aromatic heterocycles. The van der Waals surface area contributed by atoms with Crippen molar-refractivity contribution in [2.24, 2.45) is 11.8 Å². The Bertz CT molecular complexity index is 431. The third kappa shape index (κ3) is 2.66. The SMILES string of the molecule is FC(F)(F)c1nnc(CC[C@@H]2C[C@H]3C[C@H]3CN2)s1. The van der Waals surface area contributed by atoms with Crippen LogP contribution in [-0.4, -0.2) is 22.8 Å². The smallest absolute Gasteiger partial charge is 0.314 e. The van der Waals surface area contributed by atoms with Crippen molar-refractivity contribution in [1.29, 1.82) is 0 Å². The summed E-state index contributed by atoms with van der Waals surface area (Å²) in [5.41, 5.74) is 0. The first-order valence-corrected chi connectivity index (χ1v) is 6.97. The highest BCUT2D eigenvalue weighted by Crippen LogP contribution is 2.44. The van der Waals surface area contributed by atoms with Crippen LogP contribution >= 0.6 is 11.3 Å². The lowest BCUT2D eigenvalue weighted by Gasteiger charge is -2.22. The lowest BCUT2D eigenvalue weighted by atomic mass is 10.0. The molecule has 0 unspecified atom stereocenters. The summed E-state index contributed by atoms with van der Waals surface area (Å²) in [6, 6.07) is 0.437. The zero-order valence-corrected chi connectivity index (χ0v) is 10.5. The Morgan fingerprint density at radius 1 is 1.22 bits per heavy atom. The first-order chi connectivity index (χ1) is 8.52. The standard InChI is InChI=1S/C11H14F3N3S/c12-11(13,14)10-17-16-9(18-10)2-1-8-4-6-3-7(6)5-15-8/h6-8,15H,1-5H2/t6-,7+,8-/m1/s1. The maximum atomic E-state index is 12.3. The van der Waals surface area contributed by atoms with Crippen molar-refractivity contribution < 1.29 is 13.2 Å². The molecular formula is C11H14F3N3S. The summed E-state index contributed by atoms with van der Waals surface area (Å²) >= 11 is 0.665. The number of nitrogens with one attached hydrogen (secondary N) is 1. The molecule has 1 aliphatic carbocycles. The molecule has 3 rings (SSSR count). The molecule has 0 aromatic carbocycles. The maximum absolute atomic E-state index is 12.3. The zero-order valence-electron chi connectivity index (χ0n) is 9.70. The van der Waals surface area contributed by atoms with Crippen molar-refractivity contribution in [3.63, 3.8) is 0 Å². The third-order valence-electron chi connectivity index (χ3n) is 3.74. The number of rotatable bonds is 3. The quantitative estimate of drug-likeness (QED) is 0.922. The Morgan fingerprint density at radius 2 is 2.06 bits per heavy atom. The molecule has 0 spiro atoms. The van der Waals surface area contributed by atoms with Gasteiger partial charge in [-0.2, -0.15) is 13.2 Å². The summed E-state index contributed by atoms with van der Waals surface area (Å²) < 4.78 is 37.0. The molecule has 100 valence electrons. The van der Waals surface area contributed by atoms with Gasteiger partial charge < -0.3 is 5.32 Å². The number of nitrogens with zero attached hydrogens (tertiary/aromatic N) is 2. The van der Waals surface area contributed by atoms with Crippen LogP contribution in [0.15, 0.2) is 0 Å². The van der Waals surface area contributed by atoms with Gasteiger partial charge in [-0.05, 0) is 37.6 Å². The number of aryl methyl sites for hydroxylation is 1. The fourth-order valence-electron chi connectivity index (χ4n) is 2.60. The molecule has 2 heterocycles. The summed E-state index contributed by atoms with van der Waals surface area (Å²) in [5, 5.41) is 9.92. The van der Waals surface area contributed by atoms with Gasteiger partial charge in [0.05, 0.1) is 0 Å². The molecule has 0 amide bonds. The second-order valence-corrected chi connectivity index (χ2v) is 6.20. The number of halogens is 3. The fraction of sp³-hybridized carbons (Fsp3) is 0.818. The van der Waals surface area contributed by atoms with Crippen LogP contribution in [0.25, 0.3) is 0 Å². The average molecular weight is 277 g/mol. The van der Waals surface area contributed by atoms with E-state index < -0.39 is 11.2 Å². The Morgan fingerprint density at radius 3 is 2.72 bits per heavy atom. The number of alkyl halides is 3. The largest absolute Gasteiger partial charge is 0.445 e. The van der Waals surface area contributed by atoms with Gasteiger partial charge in [-0.3, -0.25) is 0 Å². The molecule has 0 bridgehead atoms. The molecule has 2 aliphatic rings. The van der Waals surface area contributed by atoms with E-state index >= 15 is 0 Å². The zero-order chi connectivity index (χ0) is 12.8. The molecule has 1 saturated heterocycles. The number of hydrogen-bond donors (Lipinski definition) is 1. The Labute approximate surface area is 107 Å². The van der Waals surface area contributed by atoms with Gasteiger partial charge in [-0.25, -0.2) is 0 Å². The summed E-state index contributed by atoms with van der Waals surface area (Å²) in [6.07, 6.45) is -0.436. The summed E-state index contributed by atoms with van der Waals surface area (Å²) in [4.78, 5) is 0. The van der Waals surface area contributed by atoms with E-state index in [0.29, 0.717) is 28.8 Å². The Balaban J connectivity index is 1.52. The minimum atomic E-state index is -4.36. The number of fused-ring (bicyclic) bond motifs is 1. The highest BCUT2D eigenvalue weighted by Gasteiger charge is 2.41. The van der Waals surface area contributed by atoms with E-state index in [1.54, 1.807) is 0 Å². The van der Waals surface area contributed by atoms with Gasteiger partial charge in [0.25, 0.3) is 0 Å². The van der Waals surface area contributed by atoms with Crippen molar-refractivity contribution in [3.8, 4) is 0 Å². The molecule has 7 heteroatoms. The van der Waals surface area contributed by atoms with Crippen LogP contribution in [0, 0.1) is 11.8 Å². The van der Waals surface area contributed by atoms with E-state index in [-0.39, 0.29) is 0 Å². The van der Waals surface area contributed by atoms with E-state index in [0.717, 1.165) is 31.2 Å². The summed E-state index contributed by atoms with van der Waals surface area (Å²) in [6.45, 7) is 1.07.